The molecule has 5 rings (SSSR count). The van der Waals surface area contributed by atoms with E-state index in [1.807, 2.05) is 92.7 Å². The molecule has 0 aliphatic heterocycles. The number of hydrazone groups is 1. The molecule has 4 aromatic carbocycles. The summed E-state index contributed by atoms with van der Waals surface area (Å²) in [7, 11) is 0. The van der Waals surface area contributed by atoms with Crippen molar-refractivity contribution in [3.05, 3.63) is 124 Å². The van der Waals surface area contributed by atoms with Gasteiger partial charge in [-0.25, -0.2) is 5.43 Å². The van der Waals surface area contributed by atoms with Crippen molar-refractivity contribution in [2.75, 3.05) is 0 Å². The van der Waals surface area contributed by atoms with Gasteiger partial charge in [0.15, 0.2) is 0 Å². The first-order valence-electron chi connectivity index (χ1n) is 12.1. The Morgan fingerprint density at radius 1 is 0.974 bits per heavy atom. The minimum Gasteiger partial charge on any atom is -0.507 e. The third-order valence-electron chi connectivity index (χ3n) is 6.40. The van der Waals surface area contributed by atoms with Gasteiger partial charge in [-0.15, -0.1) is 0 Å². The first-order chi connectivity index (χ1) is 18.4. The number of carbonyl (C=O) groups excluding carboxylic acids is 1. The molecule has 190 valence electrons. The Morgan fingerprint density at radius 2 is 1.66 bits per heavy atom. The molecule has 0 fully saturated rings. The number of phenolic OH excluding ortho intramolecular Hbond substituents is 1. The molecular formula is C31H26ClN3O3. The van der Waals surface area contributed by atoms with Gasteiger partial charge in [-0.2, -0.15) is 5.10 Å². The number of aromatic nitrogens is 1. The van der Waals surface area contributed by atoms with Crippen molar-refractivity contribution in [3.63, 3.8) is 0 Å². The minimum atomic E-state index is -0.481. The summed E-state index contributed by atoms with van der Waals surface area (Å²) in [4.78, 5) is 12.7. The molecule has 38 heavy (non-hydrogen) atoms. The van der Waals surface area contributed by atoms with Crippen molar-refractivity contribution in [2.24, 2.45) is 5.10 Å². The standard InChI is InChI=1S/C31H26ClN3O3/c1-20-15-25(18-33-34-31(37)28-16-22-7-3-4-8-23(22)17-30(28)36)21(2)35(20)26-11-13-27(14-12-26)38-19-24-9-5-6-10-29(24)32/h3-18,36H,19H2,1-2H3,(H,34,37). The van der Waals surface area contributed by atoms with Crippen LogP contribution in [0.1, 0.15) is 32.9 Å². The third kappa shape index (κ3) is 5.26. The molecule has 0 aliphatic carbocycles. The lowest BCUT2D eigenvalue weighted by atomic mass is 10.1. The van der Waals surface area contributed by atoms with Gasteiger partial charge in [0.2, 0.25) is 0 Å². The van der Waals surface area contributed by atoms with E-state index in [1.54, 1.807) is 18.3 Å². The maximum atomic E-state index is 12.7. The highest BCUT2D eigenvalue weighted by Crippen LogP contribution is 2.26. The number of aromatic hydroxyl groups is 1. The predicted molar refractivity (Wildman–Crippen MR) is 152 cm³/mol. The number of hydrogen-bond acceptors (Lipinski definition) is 4. The second-order valence-corrected chi connectivity index (χ2v) is 9.36. The van der Waals surface area contributed by atoms with Crippen molar-refractivity contribution in [2.45, 2.75) is 20.5 Å². The molecule has 0 spiro atoms. The normalized spacial score (nSPS) is 11.2. The van der Waals surface area contributed by atoms with Crippen LogP contribution in [0.25, 0.3) is 16.5 Å². The molecule has 1 amide bonds. The van der Waals surface area contributed by atoms with E-state index in [4.69, 9.17) is 16.3 Å². The van der Waals surface area contributed by atoms with Crippen molar-refractivity contribution < 1.29 is 14.6 Å². The zero-order valence-electron chi connectivity index (χ0n) is 21.0. The largest absolute Gasteiger partial charge is 0.507 e. The Bertz CT molecular complexity index is 1660. The van der Waals surface area contributed by atoms with E-state index in [9.17, 15) is 9.90 Å². The Kier molecular flexibility index (Phi) is 7.15. The van der Waals surface area contributed by atoms with Gasteiger partial charge in [-0.1, -0.05) is 54.1 Å². The van der Waals surface area contributed by atoms with Gasteiger partial charge in [-0.3, -0.25) is 4.79 Å². The first kappa shape index (κ1) is 25.1. The molecule has 0 bridgehead atoms. The van der Waals surface area contributed by atoms with Crippen LogP contribution in [0.3, 0.4) is 0 Å². The molecule has 2 N–H and O–H groups in total. The number of ether oxygens (including phenoxy) is 1. The number of nitrogens with zero attached hydrogens (tertiary/aromatic N) is 2. The van der Waals surface area contributed by atoms with Gasteiger partial charge in [0.05, 0.1) is 11.8 Å². The molecule has 7 heteroatoms. The summed E-state index contributed by atoms with van der Waals surface area (Å²) in [5.41, 5.74) is 7.46. The van der Waals surface area contributed by atoms with E-state index in [0.29, 0.717) is 11.6 Å². The maximum Gasteiger partial charge on any atom is 0.275 e. The van der Waals surface area contributed by atoms with Crippen LogP contribution in [-0.2, 0) is 6.61 Å². The van der Waals surface area contributed by atoms with E-state index < -0.39 is 5.91 Å². The third-order valence-corrected chi connectivity index (χ3v) is 6.76. The van der Waals surface area contributed by atoms with E-state index in [-0.39, 0.29) is 11.3 Å². The SMILES string of the molecule is Cc1cc(C=NNC(=O)c2cc3ccccc3cc2O)c(C)n1-c1ccc(OCc2ccccc2Cl)cc1. The zero-order chi connectivity index (χ0) is 26.6. The Morgan fingerprint density at radius 3 is 2.39 bits per heavy atom. The Hall–Kier alpha value is -4.55. The van der Waals surface area contributed by atoms with Crippen molar-refractivity contribution in [1.82, 2.24) is 9.99 Å². The number of fused-ring (bicyclic) bond motifs is 1. The minimum absolute atomic E-state index is 0.0890. The summed E-state index contributed by atoms with van der Waals surface area (Å²) in [6.45, 7) is 4.40. The van der Waals surface area contributed by atoms with Crippen LogP contribution >= 0.6 is 11.6 Å². The van der Waals surface area contributed by atoms with Crippen LogP contribution in [-0.4, -0.2) is 21.8 Å². The van der Waals surface area contributed by atoms with Crippen LogP contribution in [0.4, 0.5) is 0 Å². The number of nitrogens with one attached hydrogen (secondary N) is 1. The van der Waals surface area contributed by atoms with Crippen LogP contribution in [0.5, 0.6) is 11.5 Å². The lowest BCUT2D eigenvalue weighted by Gasteiger charge is -2.12. The van der Waals surface area contributed by atoms with E-state index in [2.05, 4.69) is 15.1 Å². The quantitative estimate of drug-likeness (QED) is 0.179. The smallest absolute Gasteiger partial charge is 0.275 e. The highest BCUT2D eigenvalue weighted by Gasteiger charge is 2.13. The molecule has 1 aromatic heterocycles. The van der Waals surface area contributed by atoms with Gasteiger partial charge in [0, 0.05) is 33.2 Å². The molecular weight excluding hydrogens is 498 g/mol. The van der Waals surface area contributed by atoms with Gasteiger partial charge >= 0.3 is 0 Å². The molecule has 0 saturated heterocycles. The lowest BCUT2D eigenvalue weighted by molar-refractivity contribution is 0.0952. The number of amides is 1. The summed E-state index contributed by atoms with van der Waals surface area (Å²) >= 11 is 6.22. The molecule has 0 radical (unpaired) electrons. The zero-order valence-corrected chi connectivity index (χ0v) is 21.7. The molecule has 0 saturated carbocycles. The first-order valence-corrected chi connectivity index (χ1v) is 12.5. The second kappa shape index (κ2) is 10.8. The van der Waals surface area contributed by atoms with Crippen LogP contribution in [0.15, 0.2) is 96.1 Å². The molecule has 1 heterocycles. The Labute approximate surface area is 225 Å². The summed E-state index contributed by atoms with van der Waals surface area (Å²) < 4.78 is 8.01. The molecule has 0 atom stereocenters. The summed E-state index contributed by atoms with van der Waals surface area (Å²) in [6.07, 6.45) is 1.61. The topological polar surface area (TPSA) is 75.9 Å². The van der Waals surface area contributed by atoms with Gasteiger partial charge < -0.3 is 14.4 Å². The fourth-order valence-corrected chi connectivity index (χ4v) is 4.60. The van der Waals surface area contributed by atoms with Gasteiger partial charge in [-0.05, 0) is 73.2 Å². The fourth-order valence-electron chi connectivity index (χ4n) is 4.41. The monoisotopic (exact) mass is 523 g/mol. The average molecular weight is 524 g/mol. The average Bonchev–Trinajstić information content (AvgIpc) is 3.20. The number of carbonyl (C=O) groups is 1. The highest BCUT2D eigenvalue weighted by molar-refractivity contribution is 6.31. The second-order valence-electron chi connectivity index (χ2n) is 8.95. The van der Waals surface area contributed by atoms with E-state index in [1.165, 1.54) is 0 Å². The van der Waals surface area contributed by atoms with Crippen LogP contribution in [0.2, 0.25) is 5.02 Å². The molecule has 5 aromatic rings. The van der Waals surface area contributed by atoms with Crippen LogP contribution in [0, 0.1) is 13.8 Å². The highest BCUT2D eigenvalue weighted by atomic mass is 35.5. The van der Waals surface area contributed by atoms with Gasteiger partial charge in [0.1, 0.15) is 18.1 Å². The predicted octanol–water partition coefficient (Wildman–Crippen LogP) is 6.95. The maximum absolute atomic E-state index is 12.7. The van der Waals surface area contributed by atoms with Crippen molar-refractivity contribution in [1.29, 1.82) is 0 Å². The van der Waals surface area contributed by atoms with E-state index >= 15 is 0 Å². The lowest BCUT2D eigenvalue weighted by Crippen LogP contribution is -2.17. The summed E-state index contributed by atoms with van der Waals surface area (Å²) in [5.74, 6) is 0.178. The van der Waals surface area contributed by atoms with Gasteiger partial charge in [0.25, 0.3) is 5.91 Å². The number of benzene rings is 4. The number of hydrogen-bond donors (Lipinski definition) is 2. The molecule has 0 aliphatic rings. The molecule has 6 nitrogen and oxygen atoms in total. The molecule has 0 unspecified atom stereocenters. The number of rotatable bonds is 7. The van der Waals surface area contributed by atoms with Crippen molar-refractivity contribution in [3.8, 4) is 17.2 Å². The number of halogens is 1. The number of aryl methyl sites for hydroxylation is 1. The van der Waals surface area contributed by atoms with Crippen molar-refractivity contribution >= 4 is 34.5 Å². The summed E-state index contributed by atoms with van der Waals surface area (Å²) in [5, 5.41) is 16.8. The number of phenols is 1. The fraction of sp³-hybridized carbons (Fsp3) is 0.0968. The summed E-state index contributed by atoms with van der Waals surface area (Å²) in [6, 6.07) is 28.2. The van der Waals surface area contributed by atoms with Crippen LogP contribution < -0.4 is 10.2 Å². The Balaban J connectivity index is 1.27. The van der Waals surface area contributed by atoms with E-state index in [0.717, 1.165) is 44.7 Å².